The van der Waals surface area contributed by atoms with E-state index in [2.05, 4.69) is 20.8 Å². The third-order valence-corrected chi connectivity index (χ3v) is 4.06. The number of nitrogens with zero attached hydrogens (tertiary/aromatic N) is 2. The van der Waals surface area contributed by atoms with E-state index in [1.165, 1.54) is 0 Å². The van der Waals surface area contributed by atoms with E-state index in [0.29, 0.717) is 42.9 Å². The largest absolute Gasteiger partial charge is 0.375 e. The lowest BCUT2D eigenvalue weighted by atomic mass is 10.1. The van der Waals surface area contributed by atoms with Crippen LogP contribution >= 0.6 is 24.0 Å². The van der Waals surface area contributed by atoms with Gasteiger partial charge in [-0.1, -0.05) is 16.8 Å². The summed E-state index contributed by atoms with van der Waals surface area (Å²) < 4.78 is 10.7. The van der Waals surface area contributed by atoms with Crippen LogP contribution in [0.15, 0.2) is 28.8 Å². The molecule has 1 aromatic heterocycles. The number of carbonyl (C=O) groups excluding carboxylic acids is 1. The lowest BCUT2D eigenvalue weighted by Gasteiger charge is -2.29. The highest BCUT2D eigenvalue weighted by atomic mass is 35.5. The summed E-state index contributed by atoms with van der Waals surface area (Å²) in [6, 6.07) is 6.87. The molecule has 136 valence electrons. The molecule has 1 amide bonds. The Morgan fingerprint density at radius 2 is 2.16 bits per heavy atom. The SMILES string of the molecule is C[C@H]1OCCN[C@@H]1C(=O)NCCc1nc(-c2ccc(Cl)cc2)no1.Cl. The summed E-state index contributed by atoms with van der Waals surface area (Å²) in [7, 11) is 0. The van der Waals surface area contributed by atoms with Crippen LogP contribution < -0.4 is 10.6 Å². The zero-order valence-corrected chi connectivity index (χ0v) is 15.3. The molecule has 0 bridgehead atoms. The Morgan fingerprint density at radius 1 is 1.40 bits per heavy atom. The zero-order chi connectivity index (χ0) is 16.9. The topological polar surface area (TPSA) is 89.3 Å². The Balaban J connectivity index is 0.00000225. The van der Waals surface area contributed by atoms with E-state index in [4.69, 9.17) is 20.9 Å². The predicted molar refractivity (Wildman–Crippen MR) is 95.9 cm³/mol. The molecule has 9 heteroatoms. The van der Waals surface area contributed by atoms with Crippen molar-refractivity contribution < 1.29 is 14.1 Å². The summed E-state index contributed by atoms with van der Waals surface area (Å²) in [5.41, 5.74) is 0.829. The number of nitrogens with one attached hydrogen (secondary N) is 2. The molecule has 2 atom stereocenters. The Bertz CT molecular complexity index is 693. The van der Waals surface area contributed by atoms with Crippen LogP contribution in [-0.4, -0.2) is 47.9 Å². The maximum Gasteiger partial charge on any atom is 0.239 e. The van der Waals surface area contributed by atoms with Gasteiger partial charge in [-0.15, -0.1) is 12.4 Å². The molecule has 0 spiro atoms. The average molecular weight is 387 g/mol. The summed E-state index contributed by atoms with van der Waals surface area (Å²) >= 11 is 5.86. The second-order valence-electron chi connectivity index (χ2n) is 5.57. The molecule has 1 aromatic carbocycles. The zero-order valence-electron chi connectivity index (χ0n) is 13.7. The van der Waals surface area contributed by atoms with E-state index >= 15 is 0 Å². The first-order valence-electron chi connectivity index (χ1n) is 7.85. The summed E-state index contributed by atoms with van der Waals surface area (Å²) in [5.74, 6) is 0.893. The summed E-state index contributed by atoms with van der Waals surface area (Å²) in [5, 5.41) is 10.6. The van der Waals surface area contributed by atoms with Crippen LogP contribution in [0.4, 0.5) is 0 Å². The van der Waals surface area contributed by atoms with E-state index in [1.807, 2.05) is 19.1 Å². The molecular weight excluding hydrogens is 367 g/mol. The number of aromatic nitrogens is 2. The minimum absolute atomic E-state index is 0. The van der Waals surface area contributed by atoms with Gasteiger partial charge in [-0.2, -0.15) is 4.98 Å². The van der Waals surface area contributed by atoms with Gasteiger partial charge in [0.15, 0.2) is 0 Å². The van der Waals surface area contributed by atoms with Gasteiger partial charge in [-0.3, -0.25) is 4.79 Å². The molecule has 3 rings (SSSR count). The van der Waals surface area contributed by atoms with Crippen molar-refractivity contribution >= 4 is 29.9 Å². The number of hydrogen-bond acceptors (Lipinski definition) is 6. The van der Waals surface area contributed by atoms with Crippen LogP contribution in [0.3, 0.4) is 0 Å². The molecule has 1 saturated heterocycles. The van der Waals surface area contributed by atoms with Gasteiger partial charge in [0.2, 0.25) is 17.6 Å². The quantitative estimate of drug-likeness (QED) is 0.814. The first-order valence-corrected chi connectivity index (χ1v) is 8.22. The van der Waals surface area contributed by atoms with Crippen molar-refractivity contribution in [2.24, 2.45) is 0 Å². The van der Waals surface area contributed by atoms with Gasteiger partial charge < -0.3 is 19.9 Å². The number of benzene rings is 1. The number of morpholine rings is 1. The van der Waals surface area contributed by atoms with Crippen molar-refractivity contribution in [3.05, 3.63) is 35.2 Å². The number of halogens is 2. The standard InChI is InChI=1S/C16H19ClN4O3.ClH/c1-10-14(18-8-9-23-10)16(22)19-7-6-13-20-15(21-24-13)11-2-4-12(17)5-3-11;/h2-5,10,14,18H,6-9H2,1H3,(H,19,22);1H/t10-,14+;/m1./s1. The normalized spacial score (nSPS) is 19.9. The number of carbonyl (C=O) groups is 1. The Labute approximate surface area is 156 Å². The summed E-state index contributed by atoms with van der Waals surface area (Å²) in [4.78, 5) is 16.4. The highest BCUT2D eigenvalue weighted by molar-refractivity contribution is 6.30. The molecule has 7 nitrogen and oxygen atoms in total. The van der Waals surface area contributed by atoms with Crippen molar-refractivity contribution in [3.8, 4) is 11.4 Å². The molecule has 2 N–H and O–H groups in total. The van der Waals surface area contributed by atoms with Gasteiger partial charge in [-0.05, 0) is 31.2 Å². The Kier molecular flexibility index (Phi) is 7.19. The van der Waals surface area contributed by atoms with Crippen molar-refractivity contribution in [2.45, 2.75) is 25.5 Å². The smallest absolute Gasteiger partial charge is 0.239 e. The molecule has 1 fully saturated rings. The van der Waals surface area contributed by atoms with Crippen molar-refractivity contribution in [2.75, 3.05) is 19.7 Å². The van der Waals surface area contributed by atoms with Crippen LogP contribution in [0.25, 0.3) is 11.4 Å². The van der Waals surface area contributed by atoms with Crippen LogP contribution in [0.1, 0.15) is 12.8 Å². The van der Waals surface area contributed by atoms with Crippen molar-refractivity contribution in [1.29, 1.82) is 0 Å². The monoisotopic (exact) mass is 386 g/mol. The van der Waals surface area contributed by atoms with Crippen molar-refractivity contribution in [1.82, 2.24) is 20.8 Å². The highest BCUT2D eigenvalue weighted by Gasteiger charge is 2.27. The number of amides is 1. The van der Waals surface area contributed by atoms with Gasteiger partial charge in [-0.25, -0.2) is 0 Å². The van der Waals surface area contributed by atoms with E-state index in [1.54, 1.807) is 12.1 Å². The third-order valence-electron chi connectivity index (χ3n) is 3.81. The van der Waals surface area contributed by atoms with E-state index in [0.717, 1.165) is 5.56 Å². The fourth-order valence-electron chi connectivity index (χ4n) is 2.50. The fraction of sp³-hybridized carbons (Fsp3) is 0.438. The predicted octanol–water partition coefficient (Wildman–Crippen LogP) is 1.85. The highest BCUT2D eigenvalue weighted by Crippen LogP contribution is 2.18. The first-order chi connectivity index (χ1) is 11.6. The van der Waals surface area contributed by atoms with Gasteiger partial charge in [0, 0.05) is 30.1 Å². The second-order valence-corrected chi connectivity index (χ2v) is 6.00. The third kappa shape index (κ3) is 5.15. The molecule has 0 radical (unpaired) electrons. The second kappa shape index (κ2) is 9.15. The maximum absolute atomic E-state index is 12.1. The average Bonchev–Trinajstić information content (AvgIpc) is 3.04. The minimum atomic E-state index is -0.328. The number of rotatable bonds is 5. The van der Waals surface area contributed by atoms with Crippen molar-refractivity contribution in [3.63, 3.8) is 0 Å². The van der Waals surface area contributed by atoms with E-state index < -0.39 is 0 Å². The molecule has 0 aliphatic carbocycles. The lowest BCUT2D eigenvalue weighted by Crippen LogP contribution is -2.55. The van der Waals surface area contributed by atoms with E-state index in [-0.39, 0.29) is 30.5 Å². The fourth-order valence-corrected chi connectivity index (χ4v) is 2.63. The van der Waals surface area contributed by atoms with Gasteiger partial charge in [0.25, 0.3) is 0 Å². The van der Waals surface area contributed by atoms with Crippen LogP contribution in [0, 0.1) is 0 Å². The first kappa shape index (κ1) is 19.7. The Morgan fingerprint density at radius 3 is 2.88 bits per heavy atom. The van der Waals surface area contributed by atoms with Crippen LogP contribution in [0.2, 0.25) is 5.02 Å². The maximum atomic E-state index is 12.1. The molecular formula is C16H20Cl2N4O3. The Hall–Kier alpha value is -1.67. The summed E-state index contributed by atoms with van der Waals surface area (Å²) in [6.45, 7) is 3.61. The molecule has 25 heavy (non-hydrogen) atoms. The lowest BCUT2D eigenvalue weighted by molar-refractivity contribution is -0.128. The van der Waals surface area contributed by atoms with Crippen LogP contribution in [-0.2, 0) is 16.0 Å². The van der Waals surface area contributed by atoms with E-state index in [9.17, 15) is 4.79 Å². The number of hydrogen-bond donors (Lipinski definition) is 2. The summed E-state index contributed by atoms with van der Waals surface area (Å²) in [6.07, 6.45) is 0.326. The van der Waals surface area contributed by atoms with Gasteiger partial charge in [0.1, 0.15) is 6.04 Å². The van der Waals surface area contributed by atoms with Crippen LogP contribution in [0.5, 0.6) is 0 Å². The minimum Gasteiger partial charge on any atom is -0.375 e. The molecule has 1 aliphatic heterocycles. The molecule has 0 saturated carbocycles. The van der Waals surface area contributed by atoms with Gasteiger partial charge in [0.05, 0.1) is 12.7 Å². The molecule has 0 unspecified atom stereocenters. The number of ether oxygens (including phenoxy) is 1. The molecule has 1 aliphatic rings. The van der Waals surface area contributed by atoms with Gasteiger partial charge >= 0.3 is 0 Å². The molecule has 2 aromatic rings. The molecule has 2 heterocycles.